The number of benzene rings is 1. The average Bonchev–Trinajstić information content (AvgIpc) is 3.08. The molecule has 1 aromatic heterocycles. The largest absolute Gasteiger partial charge is 0.467 e. The summed E-state index contributed by atoms with van der Waals surface area (Å²) in [6.07, 6.45) is 1.04. The minimum atomic E-state index is -0.781. The maximum Gasteiger partial charge on any atom is 0.253 e. The van der Waals surface area contributed by atoms with E-state index in [0.717, 1.165) is 0 Å². The van der Waals surface area contributed by atoms with Gasteiger partial charge in [-0.15, -0.1) is 0 Å². The Morgan fingerprint density at radius 2 is 1.92 bits per heavy atom. The van der Waals surface area contributed by atoms with E-state index in [9.17, 15) is 14.7 Å². The Morgan fingerprint density at radius 1 is 1.21 bits per heavy atom. The fraction of sp³-hybridized carbons (Fsp3) is 0.333. The van der Waals surface area contributed by atoms with Crippen LogP contribution in [0.25, 0.3) is 0 Å². The number of carbonyl (C=O) groups is 2. The number of amides is 2. The molecule has 2 amide bonds. The zero-order valence-corrected chi connectivity index (χ0v) is 14.0. The molecule has 0 radical (unpaired) electrons. The summed E-state index contributed by atoms with van der Waals surface area (Å²) in [7, 11) is 3.32. The maximum atomic E-state index is 12.3. The van der Waals surface area contributed by atoms with Gasteiger partial charge in [0.25, 0.3) is 11.8 Å². The highest BCUT2D eigenvalue weighted by Crippen LogP contribution is 2.18. The number of hydrogen-bond acceptors (Lipinski definition) is 4. The first-order valence-corrected chi connectivity index (χ1v) is 7.72. The summed E-state index contributed by atoms with van der Waals surface area (Å²) in [6, 6.07) is 9.69. The van der Waals surface area contributed by atoms with Crippen molar-refractivity contribution < 1.29 is 19.1 Å². The molecule has 1 heterocycles. The molecule has 2 aromatic rings. The summed E-state index contributed by atoms with van der Waals surface area (Å²) in [5.41, 5.74) is 0.859. The van der Waals surface area contributed by atoms with E-state index in [1.54, 1.807) is 57.4 Å². The second-order valence-electron chi connectivity index (χ2n) is 5.92. The summed E-state index contributed by atoms with van der Waals surface area (Å²) in [4.78, 5) is 25.8. The van der Waals surface area contributed by atoms with Crippen LogP contribution in [0.2, 0.25) is 0 Å². The van der Waals surface area contributed by atoms with Crippen LogP contribution in [0, 0.1) is 0 Å². The monoisotopic (exact) mass is 330 g/mol. The van der Waals surface area contributed by atoms with Gasteiger partial charge in [-0.3, -0.25) is 9.59 Å². The highest BCUT2D eigenvalue weighted by Gasteiger charge is 2.18. The van der Waals surface area contributed by atoms with Crippen molar-refractivity contribution in [1.82, 2.24) is 10.2 Å². The third kappa shape index (κ3) is 4.45. The van der Waals surface area contributed by atoms with Crippen molar-refractivity contribution in [2.75, 3.05) is 14.1 Å². The van der Waals surface area contributed by atoms with Gasteiger partial charge in [0.1, 0.15) is 11.9 Å². The molecule has 128 valence electrons. The van der Waals surface area contributed by atoms with Crippen LogP contribution in [0.4, 0.5) is 0 Å². The SMILES string of the molecule is CC(CC(O)c1ccco1)NC(=O)c1cccc(C(=O)N(C)C)c1. The average molecular weight is 330 g/mol. The quantitative estimate of drug-likeness (QED) is 0.851. The first-order chi connectivity index (χ1) is 11.4. The van der Waals surface area contributed by atoms with Crippen molar-refractivity contribution >= 4 is 11.8 Å². The predicted octanol–water partition coefficient (Wildman–Crippen LogP) is 2.22. The van der Waals surface area contributed by atoms with Crippen LogP contribution in [-0.2, 0) is 0 Å². The highest BCUT2D eigenvalue weighted by atomic mass is 16.4. The number of aliphatic hydroxyl groups excluding tert-OH is 1. The topological polar surface area (TPSA) is 82.8 Å². The van der Waals surface area contributed by atoms with Crippen molar-refractivity contribution in [3.05, 3.63) is 59.5 Å². The molecular weight excluding hydrogens is 308 g/mol. The number of carbonyl (C=O) groups excluding carboxylic acids is 2. The molecule has 0 fully saturated rings. The second-order valence-corrected chi connectivity index (χ2v) is 5.92. The number of furan rings is 1. The van der Waals surface area contributed by atoms with Crippen LogP contribution in [0.15, 0.2) is 47.1 Å². The van der Waals surface area contributed by atoms with Gasteiger partial charge < -0.3 is 19.7 Å². The molecule has 2 atom stereocenters. The van der Waals surface area contributed by atoms with Crippen LogP contribution in [-0.4, -0.2) is 42.0 Å². The summed E-state index contributed by atoms with van der Waals surface area (Å²) >= 11 is 0. The molecule has 0 saturated heterocycles. The molecule has 0 spiro atoms. The summed E-state index contributed by atoms with van der Waals surface area (Å²) in [5, 5.41) is 12.9. The van der Waals surface area contributed by atoms with Gasteiger partial charge in [-0.25, -0.2) is 0 Å². The lowest BCUT2D eigenvalue weighted by molar-refractivity contribution is 0.0827. The highest BCUT2D eigenvalue weighted by molar-refractivity contribution is 5.99. The van der Waals surface area contributed by atoms with Crippen molar-refractivity contribution in [3.63, 3.8) is 0 Å². The molecule has 0 saturated carbocycles. The minimum absolute atomic E-state index is 0.161. The van der Waals surface area contributed by atoms with Gasteiger partial charge in [0.2, 0.25) is 0 Å². The zero-order chi connectivity index (χ0) is 17.7. The van der Waals surface area contributed by atoms with Gasteiger partial charge in [0, 0.05) is 37.7 Å². The zero-order valence-electron chi connectivity index (χ0n) is 14.0. The molecule has 2 N–H and O–H groups in total. The number of aliphatic hydroxyl groups is 1. The Balaban J connectivity index is 1.99. The number of nitrogens with zero attached hydrogens (tertiary/aromatic N) is 1. The van der Waals surface area contributed by atoms with Crippen molar-refractivity contribution in [2.45, 2.75) is 25.5 Å². The Morgan fingerprint density at radius 3 is 2.54 bits per heavy atom. The Bertz CT molecular complexity index is 695. The van der Waals surface area contributed by atoms with E-state index in [1.165, 1.54) is 11.2 Å². The first kappa shape index (κ1) is 17.7. The molecule has 6 nitrogen and oxygen atoms in total. The molecular formula is C18H22N2O4. The lowest BCUT2D eigenvalue weighted by Gasteiger charge is -2.17. The standard InChI is InChI=1S/C18H22N2O4/c1-12(10-15(21)16-8-5-9-24-16)19-17(22)13-6-4-7-14(11-13)18(23)20(2)3/h4-9,11-12,15,21H,10H2,1-3H3,(H,19,22). The Hall–Kier alpha value is -2.60. The van der Waals surface area contributed by atoms with Crippen LogP contribution in [0.5, 0.6) is 0 Å². The molecule has 2 unspecified atom stereocenters. The smallest absolute Gasteiger partial charge is 0.253 e. The van der Waals surface area contributed by atoms with Gasteiger partial charge >= 0.3 is 0 Å². The van der Waals surface area contributed by atoms with Crippen molar-refractivity contribution in [2.24, 2.45) is 0 Å². The molecule has 6 heteroatoms. The van der Waals surface area contributed by atoms with Gasteiger partial charge in [0.05, 0.1) is 6.26 Å². The fourth-order valence-electron chi connectivity index (χ4n) is 2.35. The predicted molar refractivity (Wildman–Crippen MR) is 89.7 cm³/mol. The van der Waals surface area contributed by atoms with E-state index >= 15 is 0 Å². The Kier molecular flexibility index (Phi) is 5.76. The number of rotatable bonds is 6. The van der Waals surface area contributed by atoms with Gasteiger partial charge in [-0.2, -0.15) is 0 Å². The van der Waals surface area contributed by atoms with Crippen LogP contribution in [0.3, 0.4) is 0 Å². The summed E-state index contributed by atoms with van der Waals surface area (Å²) in [6.45, 7) is 1.80. The van der Waals surface area contributed by atoms with E-state index < -0.39 is 6.10 Å². The summed E-state index contributed by atoms with van der Waals surface area (Å²) < 4.78 is 5.15. The maximum absolute atomic E-state index is 12.3. The van der Waals surface area contributed by atoms with Crippen molar-refractivity contribution in [1.29, 1.82) is 0 Å². The molecule has 24 heavy (non-hydrogen) atoms. The normalized spacial score (nSPS) is 13.2. The van der Waals surface area contributed by atoms with E-state index in [-0.39, 0.29) is 17.9 Å². The molecule has 0 aliphatic heterocycles. The minimum Gasteiger partial charge on any atom is -0.467 e. The van der Waals surface area contributed by atoms with Crippen LogP contribution >= 0.6 is 0 Å². The van der Waals surface area contributed by atoms with Crippen LogP contribution < -0.4 is 5.32 Å². The van der Waals surface area contributed by atoms with E-state index in [2.05, 4.69) is 5.32 Å². The molecule has 0 aliphatic rings. The fourth-order valence-corrected chi connectivity index (χ4v) is 2.35. The first-order valence-electron chi connectivity index (χ1n) is 7.72. The molecule has 0 aliphatic carbocycles. The van der Waals surface area contributed by atoms with Crippen LogP contribution in [0.1, 0.15) is 45.9 Å². The lowest BCUT2D eigenvalue weighted by Crippen LogP contribution is -2.34. The van der Waals surface area contributed by atoms with E-state index in [4.69, 9.17) is 4.42 Å². The van der Waals surface area contributed by atoms with Gasteiger partial charge in [-0.1, -0.05) is 6.07 Å². The number of nitrogens with one attached hydrogen (secondary N) is 1. The second kappa shape index (κ2) is 7.79. The van der Waals surface area contributed by atoms with E-state index in [0.29, 0.717) is 23.3 Å². The molecule has 0 bridgehead atoms. The van der Waals surface area contributed by atoms with E-state index in [1.807, 2.05) is 0 Å². The molecule has 1 aromatic carbocycles. The van der Waals surface area contributed by atoms with Gasteiger partial charge in [-0.05, 0) is 37.3 Å². The third-order valence-electron chi connectivity index (χ3n) is 3.60. The molecule has 2 rings (SSSR count). The summed E-state index contributed by atoms with van der Waals surface area (Å²) in [5.74, 6) is 0.0168. The lowest BCUT2D eigenvalue weighted by atomic mass is 10.1. The van der Waals surface area contributed by atoms with Gasteiger partial charge in [0.15, 0.2) is 0 Å². The van der Waals surface area contributed by atoms with Crippen molar-refractivity contribution in [3.8, 4) is 0 Å². The number of hydrogen-bond donors (Lipinski definition) is 2. The Labute approximate surface area is 141 Å². The third-order valence-corrected chi connectivity index (χ3v) is 3.60.